The van der Waals surface area contributed by atoms with Crippen LogP contribution in [0, 0.1) is 0 Å². The van der Waals surface area contributed by atoms with E-state index in [0.717, 1.165) is 43.9 Å². The summed E-state index contributed by atoms with van der Waals surface area (Å²) in [6.07, 6.45) is 1.24. The molecule has 4 rings (SSSR count). The highest BCUT2D eigenvalue weighted by atomic mass is 32.1. The number of anilines is 1. The van der Waals surface area contributed by atoms with Gasteiger partial charge in [0, 0.05) is 19.2 Å². The van der Waals surface area contributed by atoms with Gasteiger partial charge in [0.05, 0.1) is 22.2 Å². The van der Waals surface area contributed by atoms with E-state index in [1.165, 1.54) is 6.92 Å². The molecule has 174 valence electrons. The first-order chi connectivity index (χ1) is 16.4. The van der Waals surface area contributed by atoms with Gasteiger partial charge in [0.15, 0.2) is 0 Å². The fourth-order valence-electron chi connectivity index (χ4n) is 3.28. The number of thiazole rings is 1. The molecule has 0 spiro atoms. The standard InChI is InChI=1S/C17H14N2O2S.C9H11NO2/c1-11(21)18-14-5-2-12(3-6-14)13-4-7-15-16(10-13)22-17(19-15)8-9-20;1-10-6-7-3-2-4-8(5-7)9(11)12/h2-7,9-10H,8H2,1H3,(H,18,21);2-5,10H,6H2,1H3,(H,11,12). The third-order valence-corrected chi connectivity index (χ3v) is 5.82. The Labute approximate surface area is 201 Å². The third kappa shape index (κ3) is 6.81. The molecule has 0 aliphatic carbocycles. The zero-order chi connectivity index (χ0) is 24.5. The van der Waals surface area contributed by atoms with Crippen LogP contribution in [0.4, 0.5) is 5.69 Å². The SMILES string of the molecule is CC(=O)Nc1ccc(-c2ccc3nc(CC=O)sc3c2)cc1.CNCc1cccc(C(=O)O)c1. The molecule has 1 heterocycles. The predicted octanol–water partition coefficient (Wildman–Crippen LogP) is 4.77. The monoisotopic (exact) mass is 475 g/mol. The number of amides is 1. The number of carboxylic acid groups (broad SMARTS) is 1. The highest BCUT2D eigenvalue weighted by Gasteiger charge is 2.06. The van der Waals surface area contributed by atoms with Crippen LogP contribution in [0.25, 0.3) is 21.3 Å². The molecule has 0 unspecified atom stereocenters. The molecule has 8 heteroatoms. The number of hydrogen-bond donors (Lipinski definition) is 3. The Morgan fingerprint density at radius 2 is 1.76 bits per heavy atom. The number of aromatic carboxylic acids is 1. The first kappa shape index (κ1) is 24.8. The molecule has 0 atom stereocenters. The average molecular weight is 476 g/mol. The van der Waals surface area contributed by atoms with Crippen molar-refractivity contribution < 1.29 is 19.5 Å². The quantitative estimate of drug-likeness (QED) is 0.332. The molecule has 0 aliphatic rings. The van der Waals surface area contributed by atoms with Crippen molar-refractivity contribution in [3.8, 4) is 11.1 Å². The molecule has 0 aliphatic heterocycles. The van der Waals surface area contributed by atoms with Crippen LogP contribution in [0.5, 0.6) is 0 Å². The summed E-state index contributed by atoms with van der Waals surface area (Å²) in [5.74, 6) is -0.963. The number of carbonyl (C=O) groups excluding carboxylic acids is 2. The lowest BCUT2D eigenvalue weighted by molar-refractivity contribution is -0.114. The van der Waals surface area contributed by atoms with Crippen LogP contribution >= 0.6 is 11.3 Å². The van der Waals surface area contributed by atoms with Gasteiger partial charge in [-0.1, -0.05) is 30.3 Å². The second-order valence-corrected chi connectivity index (χ2v) is 8.57. The number of nitrogens with one attached hydrogen (secondary N) is 2. The maximum atomic E-state index is 11.0. The molecule has 7 nitrogen and oxygen atoms in total. The van der Waals surface area contributed by atoms with Crippen molar-refractivity contribution in [1.82, 2.24) is 10.3 Å². The van der Waals surface area contributed by atoms with Gasteiger partial charge in [-0.05, 0) is 60.1 Å². The van der Waals surface area contributed by atoms with Crippen LogP contribution in [0.15, 0.2) is 66.7 Å². The molecule has 0 saturated carbocycles. The van der Waals surface area contributed by atoms with E-state index in [-0.39, 0.29) is 5.91 Å². The minimum Gasteiger partial charge on any atom is -0.478 e. The number of rotatable bonds is 7. The van der Waals surface area contributed by atoms with Gasteiger partial charge < -0.3 is 20.5 Å². The summed E-state index contributed by atoms with van der Waals surface area (Å²) in [6, 6.07) is 20.7. The fourth-order valence-corrected chi connectivity index (χ4v) is 4.23. The lowest BCUT2D eigenvalue weighted by Crippen LogP contribution is -2.06. The molecular weight excluding hydrogens is 450 g/mol. The zero-order valence-corrected chi connectivity index (χ0v) is 19.7. The Hall–Kier alpha value is -3.88. The van der Waals surface area contributed by atoms with Crippen molar-refractivity contribution >= 4 is 45.4 Å². The van der Waals surface area contributed by atoms with Crippen LogP contribution in [-0.4, -0.2) is 35.3 Å². The highest BCUT2D eigenvalue weighted by molar-refractivity contribution is 7.18. The van der Waals surface area contributed by atoms with Crippen molar-refractivity contribution in [3.63, 3.8) is 0 Å². The largest absolute Gasteiger partial charge is 0.478 e. The number of nitrogens with zero attached hydrogens (tertiary/aromatic N) is 1. The Morgan fingerprint density at radius 3 is 2.41 bits per heavy atom. The molecule has 4 aromatic rings. The first-order valence-corrected chi connectivity index (χ1v) is 11.4. The number of hydrogen-bond acceptors (Lipinski definition) is 6. The molecule has 3 aromatic carbocycles. The normalized spacial score (nSPS) is 10.3. The molecule has 1 amide bonds. The van der Waals surface area contributed by atoms with E-state index < -0.39 is 5.97 Å². The summed E-state index contributed by atoms with van der Waals surface area (Å²) < 4.78 is 1.07. The minimum absolute atomic E-state index is 0.0819. The summed E-state index contributed by atoms with van der Waals surface area (Å²) in [6.45, 7) is 2.18. The lowest BCUT2D eigenvalue weighted by Gasteiger charge is -2.05. The number of aromatic nitrogens is 1. The molecule has 3 N–H and O–H groups in total. The van der Waals surface area contributed by atoms with E-state index in [1.54, 1.807) is 29.5 Å². The van der Waals surface area contributed by atoms with Crippen LogP contribution in [0.2, 0.25) is 0 Å². The van der Waals surface area contributed by atoms with Crippen molar-refractivity contribution in [2.24, 2.45) is 0 Å². The van der Waals surface area contributed by atoms with Gasteiger partial charge in [0.1, 0.15) is 11.3 Å². The smallest absolute Gasteiger partial charge is 0.335 e. The van der Waals surface area contributed by atoms with E-state index in [2.05, 4.69) is 21.7 Å². The van der Waals surface area contributed by atoms with Crippen molar-refractivity contribution in [1.29, 1.82) is 0 Å². The lowest BCUT2D eigenvalue weighted by atomic mass is 10.1. The van der Waals surface area contributed by atoms with E-state index in [4.69, 9.17) is 5.11 Å². The summed E-state index contributed by atoms with van der Waals surface area (Å²) >= 11 is 1.54. The van der Waals surface area contributed by atoms with Gasteiger partial charge in [0.2, 0.25) is 5.91 Å². The molecule has 0 bridgehead atoms. The number of carboxylic acids is 1. The van der Waals surface area contributed by atoms with E-state index in [1.807, 2.05) is 49.5 Å². The van der Waals surface area contributed by atoms with Gasteiger partial charge in [0.25, 0.3) is 0 Å². The second kappa shape index (κ2) is 11.8. The van der Waals surface area contributed by atoms with Gasteiger partial charge in [-0.15, -0.1) is 11.3 Å². The van der Waals surface area contributed by atoms with E-state index >= 15 is 0 Å². The first-order valence-electron chi connectivity index (χ1n) is 10.6. The molecule has 0 fully saturated rings. The second-order valence-electron chi connectivity index (χ2n) is 7.46. The molecule has 0 saturated heterocycles. The maximum absolute atomic E-state index is 11.0. The molecular formula is C26H25N3O4S. The van der Waals surface area contributed by atoms with Crippen LogP contribution in [0.3, 0.4) is 0 Å². The van der Waals surface area contributed by atoms with Gasteiger partial charge in [-0.25, -0.2) is 9.78 Å². The number of aldehydes is 1. The topological polar surface area (TPSA) is 108 Å². The number of carbonyl (C=O) groups is 3. The van der Waals surface area contributed by atoms with Gasteiger partial charge >= 0.3 is 5.97 Å². The Morgan fingerprint density at radius 1 is 1.03 bits per heavy atom. The number of benzene rings is 3. The van der Waals surface area contributed by atoms with Crippen LogP contribution < -0.4 is 10.6 Å². The molecule has 1 aromatic heterocycles. The third-order valence-electron chi connectivity index (χ3n) is 4.78. The maximum Gasteiger partial charge on any atom is 0.335 e. The van der Waals surface area contributed by atoms with Gasteiger partial charge in [-0.2, -0.15) is 0 Å². The van der Waals surface area contributed by atoms with Crippen LogP contribution in [0.1, 0.15) is 27.9 Å². The Bertz CT molecular complexity index is 1300. The highest BCUT2D eigenvalue weighted by Crippen LogP contribution is 2.29. The number of fused-ring (bicyclic) bond motifs is 1. The van der Waals surface area contributed by atoms with E-state index in [0.29, 0.717) is 18.5 Å². The van der Waals surface area contributed by atoms with Gasteiger partial charge in [-0.3, -0.25) is 4.79 Å². The fraction of sp³-hybridized carbons (Fsp3) is 0.154. The zero-order valence-electron chi connectivity index (χ0n) is 18.9. The van der Waals surface area contributed by atoms with Crippen molar-refractivity contribution in [2.75, 3.05) is 12.4 Å². The summed E-state index contributed by atoms with van der Waals surface area (Å²) in [4.78, 5) is 36.6. The average Bonchev–Trinajstić information content (AvgIpc) is 3.22. The van der Waals surface area contributed by atoms with Crippen LogP contribution in [-0.2, 0) is 22.6 Å². The summed E-state index contributed by atoms with van der Waals surface area (Å²) in [5.41, 5.74) is 5.17. The predicted molar refractivity (Wildman–Crippen MR) is 135 cm³/mol. The molecule has 0 radical (unpaired) electrons. The summed E-state index contributed by atoms with van der Waals surface area (Å²) in [5, 5.41) is 15.2. The Kier molecular flexibility index (Phi) is 8.61. The minimum atomic E-state index is -0.882. The van der Waals surface area contributed by atoms with E-state index in [9.17, 15) is 14.4 Å². The van der Waals surface area contributed by atoms with Crippen molar-refractivity contribution in [2.45, 2.75) is 19.9 Å². The Balaban J connectivity index is 0.000000229. The van der Waals surface area contributed by atoms with Crippen molar-refractivity contribution in [3.05, 3.63) is 82.9 Å². The summed E-state index contributed by atoms with van der Waals surface area (Å²) in [7, 11) is 1.83. The molecule has 34 heavy (non-hydrogen) atoms.